The Hall–Kier alpha value is -3.03. The van der Waals surface area contributed by atoms with Gasteiger partial charge in [-0.25, -0.2) is 9.48 Å². The Balaban J connectivity index is 2.39. The van der Waals surface area contributed by atoms with Crippen LogP contribution >= 0.6 is 0 Å². The zero-order valence-electron chi connectivity index (χ0n) is 14.7. The largest absolute Gasteiger partial charge is 0.352 e. The Morgan fingerprint density at radius 2 is 1.76 bits per heavy atom. The van der Waals surface area contributed by atoms with Crippen LogP contribution < -0.4 is 21.9 Å². The van der Waals surface area contributed by atoms with Crippen LogP contribution in [0.4, 0.5) is 10.5 Å². The monoisotopic (exact) mass is 345 g/mol. The smallest absolute Gasteiger partial charge is 0.312 e. The van der Waals surface area contributed by atoms with E-state index in [9.17, 15) is 14.4 Å². The van der Waals surface area contributed by atoms with E-state index in [1.807, 2.05) is 18.2 Å². The number of nitrogens with one attached hydrogen (secondary N) is 2. The maximum absolute atomic E-state index is 12.8. The Morgan fingerprint density at radius 1 is 1.16 bits per heavy atom. The molecule has 25 heavy (non-hydrogen) atoms. The molecule has 0 unspecified atom stereocenters. The lowest BCUT2D eigenvalue weighted by atomic mass is 10.0. The van der Waals surface area contributed by atoms with E-state index in [1.165, 1.54) is 4.68 Å². The number of urea groups is 1. The van der Waals surface area contributed by atoms with Gasteiger partial charge in [0.15, 0.2) is 0 Å². The van der Waals surface area contributed by atoms with Gasteiger partial charge in [-0.3, -0.25) is 14.3 Å². The first-order valence-corrected chi connectivity index (χ1v) is 7.95. The third-order valence-corrected chi connectivity index (χ3v) is 4.05. The van der Waals surface area contributed by atoms with E-state index in [2.05, 4.69) is 10.6 Å². The summed E-state index contributed by atoms with van der Waals surface area (Å²) in [6.45, 7) is 5.29. The van der Waals surface area contributed by atoms with Crippen molar-refractivity contribution in [1.82, 2.24) is 14.7 Å². The number of carbonyl (C=O) groups is 2. The summed E-state index contributed by atoms with van der Waals surface area (Å²) >= 11 is 0. The van der Waals surface area contributed by atoms with E-state index < -0.39 is 18.0 Å². The number of nitrogens with zero attached hydrogens (tertiary/aromatic N) is 2. The van der Waals surface area contributed by atoms with E-state index in [0.29, 0.717) is 11.4 Å². The van der Waals surface area contributed by atoms with Crippen LogP contribution in [0.25, 0.3) is 5.69 Å². The van der Waals surface area contributed by atoms with Gasteiger partial charge in [-0.2, -0.15) is 0 Å². The van der Waals surface area contributed by atoms with Crippen molar-refractivity contribution in [3.63, 3.8) is 0 Å². The fourth-order valence-electron chi connectivity index (χ4n) is 2.60. The van der Waals surface area contributed by atoms with Crippen LogP contribution in [0.2, 0.25) is 0 Å². The minimum atomic E-state index is -0.832. The molecule has 0 saturated carbocycles. The minimum absolute atomic E-state index is 0.174. The molecule has 2 aromatic rings. The van der Waals surface area contributed by atoms with Gasteiger partial charge in [-0.05, 0) is 25.0 Å². The van der Waals surface area contributed by atoms with Crippen molar-refractivity contribution < 1.29 is 9.59 Å². The van der Waals surface area contributed by atoms with Crippen LogP contribution in [-0.4, -0.2) is 27.3 Å². The Labute approximate surface area is 145 Å². The number of nitrogens with two attached hydrogens (primary N) is 1. The first-order chi connectivity index (χ1) is 11.7. The summed E-state index contributed by atoms with van der Waals surface area (Å²) in [4.78, 5) is 36.4. The molecule has 8 nitrogen and oxygen atoms in total. The molecule has 1 atom stereocenters. The number of benzene rings is 1. The van der Waals surface area contributed by atoms with E-state index in [4.69, 9.17) is 5.73 Å². The Kier molecular flexibility index (Phi) is 5.31. The van der Waals surface area contributed by atoms with Crippen LogP contribution in [0.15, 0.2) is 35.1 Å². The second-order valence-electron chi connectivity index (χ2n) is 6.16. The SMILES string of the molecule is Cc1c(NC(=O)[C@H](NC(N)=O)C(C)C)c(=O)n(-c2ccccc2)n1C. The van der Waals surface area contributed by atoms with Gasteiger partial charge >= 0.3 is 6.03 Å². The van der Waals surface area contributed by atoms with Gasteiger partial charge in [0.1, 0.15) is 11.7 Å². The van der Waals surface area contributed by atoms with E-state index in [0.717, 1.165) is 0 Å². The first-order valence-electron chi connectivity index (χ1n) is 7.95. The molecule has 1 heterocycles. The van der Waals surface area contributed by atoms with Crippen LogP contribution in [0, 0.1) is 12.8 Å². The molecule has 4 N–H and O–H groups in total. The van der Waals surface area contributed by atoms with Gasteiger partial charge in [-0.15, -0.1) is 0 Å². The molecular weight excluding hydrogens is 322 g/mol. The lowest BCUT2D eigenvalue weighted by Crippen LogP contribution is -2.49. The number of hydrogen-bond donors (Lipinski definition) is 3. The summed E-state index contributed by atoms with van der Waals surface area (Å²) in [5.41, 5.74) is 6.24. The van der Waals surface area contributed by atoms with Gasteiger partial charge in [0, 0.05) is 7.05 Å². The molecule has 0 aliphatic carbocycles. The summed E-state index contributed by atoms with van der Waals surface area (Å²) in [5, 5.41) is 5.04. The number of amides is 3. The first kappa shape index (κ1) is 18.3. The number of aromatic nitrogens is 2. The number of carbonyl (C=O) groups excluding carboxylic acids is 2. The maximum Gasteiger partial charge on any atom is 0.312 e. The van der Waals surface area contributed by atoms with Gasteiger partial charge in [0.2, 0.25) is 5.91 Å². The molecule has 8 heteroatoms. The number of primary amides is 1. The molecule has 0 aliphatic rings. The molecule has 0 saturated heterocycles. The highest BCUT2D eigenvalue weighted by Crippen LogP contribution is 2.15. The third kappa shape index (κ3) is 3.73. The lowest BCUT2D eigenvalue weighted by molar-refractivity contribution is -0.118. The predicted octanol–water partition coefficient (Wildman–Crippen LogP) is 1.12. The van der Waals surface area contributed by atoms with Crippen LogP contribution in [0.3, 0.4) is 0 Å². The summed E-state index contributed by atoms with van der Waals surface area (Å²) in [6, 6.07) is 7.50. The standard InChI is InChI=1S/C17H23N5O3/c1-10(2)13(20-17(18)25)15(23)19-14-11(3)21(4)22(16(14)24)12-8-6-5-7-9-12/h5-10,13H,1-4H3,(H,19,23)(H3,18,20,25)/t13-/m1/s1. The normalized spacial score (nSPS) is 12.0. The topological polar surface area (TPSA) is 111 Å². The van der Waals surface area contributed by atoms with Gasteiger partial charge in [-0.1, -0.05) is 32.0 Å². The molecule has 134 valence electrons. The van der Waals surface area contributed by atoms with Crippen molar-refractivity contribution in [2.75, 3.05) is 5.32 Å². The molecular formula is C17H23N5O3. The second-order valence-corrected chi connectivity index (χ2v) is 6.16. The summed E-state index contributed by atoms with van der Waals surface area (Å²) in [5.74, 6) is -0.673. The molecule has 3 amide bonds. The van der Waals surface area contributed by atoms with Gasteiger partial charge < -0.3 is 16.4 Å². The zero-order chi connectivity index (χ0) is 18.7. The van der Waals surface area contributed by atoms with Gasteiger partial charge in [0.05, 0.1) is 11.4 Å². The summed E-state index contributed by atoms with van der Waals surface area (Å²) in [6.07, 6.45) is 0. The van der Waals surface area contributed by atoms with Crippen molar-refractivity contribution in [1.29, 1.82) is 0 Å². The van der Waals surface area contributed by atoms with Crippen molar-refractivity contribution in [3.8, 4) is 5.69 Å². The average molecular weight is 345 g/mol. The minimum Gasteiger partial charge on any atom is -0.352 e. The second kappa shape index (κ2) is 7.25. The Morgan fingerprint density at radius 3 is 2.28 bits per heavy atom. The van der Waals surface area contributed by atoms with E-state index in [1.54, 1.807) is 44.6 Å². The quantitative estimate of drug-likeness (QED) is 0.755. The highest BCUT2D eigenvalue weighted by Gasteiger charge is 2.26. The van der Waals surface area contributed by atoms with E-state index in [-0.39, 0.29) is 17.2 Å². The van der Waals surface area contributed by atoms with Gasteiger partial charge in [0.25, 0.3) is 5.56 Å². The zero-order valence-corrected chi connectivity index (χ0v) is 14.7. The molecule has 1 aromatic heterocycles. The van der Waals surface area contributed by atoms with Crippen molar-refractivity contribution in [2.24, 2.45) is 18.7 Å². The number of hydrogen-bond acceptors (Lipinski definition) is 3. The highest BCUT2D eigenvalue weighted by molar-refractivity contribution is 5.97. The van der Waals surface area contributed by atoms with Crippen LogP contribution in [-0.2, 0) is 11.8 Å². The van der Waals surface area contributed by atoms with Crippen molar-refractivity contribution in [3.05, 3.63) is 46.4 Å². The number of anilines is 1. The van der Waals surface area contributed by atoms with Crippen molar-refractivity contribution >= 4 is 17.6 Å². The molecule has 1 aromatic carbocycles. The Bertz CT molecular complexity index is 836. The molecule has 0 bridgehead atoms. The fourth-order valence-corrected chi connectivity index (χ4v) is 2.60. The number of rotatable bonds is 5. The maximum atomic E-state index is 12.8. The molecule has 0 spiro atoms. The average Bonchev–Trinajstić information content (AvgIpc) is 2.76. The molecule has 0 fully saturated rings. The molecule has 0 aliphatic heterocycles. The van der Waals surface area contributed by atoms with Crippen molar-refractivity contribution in [2.45, 2.75) is 26.8 Å². The summed E-state index contributed by atoms with van der Waals surface area (Å²) in [7, 11) is 1.74. The fraction of sp³-hybridized carbons (Fsp3) is 0.353. The molecule has 0 radical (unpaired) electrons. The summed E-state index contributed by atoms with van der Waals surface area (Å²) < 4.78 is 3.13. The predicted molar refractivity (Wildman–Crippen MR) is 95.7 cm³/mol. The van der Waals surface area contributed by atoms with Crippen LogP contribution in [0.5, 0.6) is 0 Å². The number of para-hydroxylation sites is 1. The van der Waals surface area contributed by atoms with Crippen LogP contribution in [0.1, 0.15) is 19.5 Å². The highest BCUT2D eigenvalue weighted by atomic mass is 16.2. The van der Waals surface area contributed by atoms with E-state index >= 15 is 0 Å². The third-order valence-electron chi connectivity index (χ3n) is 4.05. The molecule has 2 rings (SSSR count). The lowest BCUT2D eigenvalue weighted by Gasteiger charge is -2.20.